The van der Waals surface area contributed by atoms with Gasteiger partial charge >= 0.3 is 60.9 Å². The molecule has 1 heterocycles. The molecule has 140 valence electrons. The summed E-state index contributed by atoms with van der Waals surface area (Å²) < 4.78 is 6.23. The summed E-state index contributed by atoms with van der Waals surface area (Å²) >= 11 is 0. The Kier molecular flexibility index (Phi) is 7.05. The van der Waals surface area contributed by atoms with Crippen molar-refractivity contribution in [1.82, 2.24) is 0 Å². The standard InChI is InChI=1S/C21H15O.4ClH.Fe/c1-3-9-16(10-4-1)19-15-18-13-7-8-14-20(18)22-21(19)17-11-5-2-6-12-17;;;;;/h1-15H;4*1H;/q+1;;;;;+4/p-4. The van der Waals surface area contributed by atoms with Crippen LogP contribution in [-0.4, -0.2) is 0 Å². The van der Waals surface area contributed by atoms with Gasteiger partial charge in [-0.1, -0.05) is 60.7 Å². The molecule has 0 radical (unpaired) electrons. The SMILES string of the molecule is [Cl][Fe]([Cl])([Cl])[Cl].c1ccc(-c2cc3ccccc3[o+]c2-c2ccccc2)cc1. The summed E-state index contributed by atoms with van der Waals surface area (Å²) in [5.74, 6) is 0.908. The topological polar surface area (TPSA) is 11.3 Å². The number of hydrogen-bond donors (Lipinski definition) is 0. The molecular weight excluding hydrogens is 466 g/mol. The minimum absolute atomic E-state index is 0.904. The van der Waals surface area contributed by atoms with Crippen molar-refractivity contribution in [1.29, 1.82) is 0 Å². The van der Waals surface area contributed by atoms with Crippen LogP contribution in [0.4, 0.5) is 0 Å². The molecule has 0 bridgehead atoms. The van der Waals surface area contributed by atoms with E-state index in [9.17, 15) is 0 Å². The van der Waals surface area contributed by atoms with Crippen molar-refractivity contribution in [2.75, 3.05) is 0 Å². The summed E-state index contributed by atoms with van der Waals surface area (Å²) in [7, 11) is 17.2. The van der Waals surface area contributed by atoms with Crippen LogP contribution >= 0.6 is 40.4 Å². The van der Waals surface area contributed by atoms with Crippen molar-refractivity contribution in [3.8, 4) is 22.5 Å². The molecule has 0 fully saturated rings. The monoisotopic (exact) mass is 479 g/mol. The Labute approximate surface area is 177 Å². The Morgan fingerprint density at radius 3 is 1.67 bits per heavy atom. The molecule has 0 aliphatic carbocycles. The fourth-order valence-corrected chi connectivity index (χ4v) is 2.71. The van der Waals surface area contributed by atoms with E-state index in [-0.39, 0.29) is 0 Å². The van der Waals surface area contributed by atoms with E-state index in [1.807, 2.05) is 42.5 Å². The van der Waals surface area contributed by atoms with E-state index in [4.69, 9.17) is 44.8 Å². The summed E-state index contributed by atoms with van der Waals surface area (Å²) in [6.07, 6.45) is 0. The summed E-state index contributed by atoms with van der Waals surface area (Å²) in [5.41, 5.74) is 4.27. The first-order valence-electron chi connectivity index (χ1n) is 7.92. The van der Waals surface area contributed by atoms with Crippen molar-refractivity contribution in [3.05, 3.63) is 91.0 Å². The van der Waals surface area contributed by atoms with Crippen LogP contribution in [0.5, 0.6) is 0 Å². The van der Waals surface area contributed by atoms with E-state index in [2.05, 4.69) is 48.5 Å². The first kappa shape index (κ1) is 20.5. The van der Waals surface area contributed by atoms with Gasteiger partial charge in [0, 0.05) is 6.07 Å². The van der Waals surface area contributed by atoms with Crippen LogP contribution in [0.3, 0.4) is 0 Å². The van der Waals surface area contributed by atoms with Crippen molar-refractivity contribution < 1.29 is 13.6 Å². The summed E-state index contributed by atoms with van der Waals surface area (Å²) in [6.45, 7) is 0. The minimum atomic E-state index is -2.61. The van der Waals surface area contributed by atoms with Crippen LogP contribution in [0.25, 0.3) is 33.4 Å². The maximum Gasteiger partial charge on any atom is 0.368 e. The van der Waals surface area contributed by atoms with Crippen molar-refractivity contribution in [2.45, 2.75) is 0 Å². The molecule has 4 rings (SSSR count). The molecule has 0 amide bonds. The van der Waals surface area contributed by atoms with Crippen molar-refractivity contribution in [3.63, 3.8) is 0 Å². The number of halogens is 4. The zero-order valence-corrected chi connectivity index (χ0v) is 18.1. The van der Waals surface area contributed by atoms with Crippen molar-refractivity contribution >= 4 is 51.4 Å². The van der Waals surface area contributed by atoms with Gasteiger partial charge in [-0.2, -0.15) is 0 Å². The van der Waals surface area contributed by atoms with Gasteiger partial charge in [0.05, 0.1) is 16.5 Å². The molecular formula is C21H15Cl4FeO+. The molecule has 0 saturated carbocycles. The van der Waals surface area contributed by atoms with Gasteiger partial charge in [0.2, 0.25) is 0 Å². The summed E-state index contributed by atoms with van der Waals surface area (Å²) in [5, 5.41) is 1.11. The van der Waals surface area contributed by atoms with Crippen LogP contribution in [0.1, 0.15) is 0 Å². The zero-order chi connectivity index (χ0) is 19.3. The average molecular weight is 481 g/mol. The minimum Gasteiger partial charge on any atom is -0.206 e. The predicted molar refractivity (Wildman–Crippen MR) is 115 cm³/mol. The van der Waals surface area contributed by atoms with Gasteiger partial charge in [-0.05, 0) is 29.8 Å². The third-order valence-electron chi connectivity index (χ3n) is 3.80. The number of hydrogen-bond acceptors (Lipinski definition) is 0. The fourth-order valence-electron chi connectivity index (χ4n) is 2.71. The van der Waals surface area contributed by atoms with Crippen LogP contribution < -0.4 is 0 Å². The molecule has 0 saturated heterocycles. The third kappa shape index (κ3) is 6.12. The van der Waals surface area contributed by atoms with E-state index in [1.165, 1.54) is 0 Å². The van der Waals surface area contributed by atoms with Crippen LogP contribution in [0.2, 0.25) is 0 Å². The van der Waals surface area contributed by atoms with Gasteiger partial charge in [-0.25, -0.2) is 4.42 Å². The first-order chi connectivity index (χ1) is 12.9. The summed E-state index contributed by atoms with van der Waals surface area (Å²) in [4.78, 5) is 0. The van der Waals surface area contributed by atoms with E-state index in [0.29, 0.717) is 0 Å². The fraction of sp³-hybridized carbons (Fsp3) is 0. The van der Waals surface area contributed by atoms with Crippen LogP contribution in [0, 0.1) is 0 Å². The normalized spacial score (nSPS) is 11.6. The molecule has 4 aromatic rings. The second-order valence-corrected chi connectivity index (χ2v) is 16.5. The van der Waals surface area contributed by atoms with E-state index < -0.39 is 9.20 Å². The van der Waals surface area contributed by atoms with Crippen LogP contribution in [0.15, 0.2) is 95.4 Å². The van der Waals surface area contributed by atoms with Gasteiger partial charge in [-0.3, -0.25) is 0 Å². The quantitative estimate of drug-likeness (QED) is 0.206. The first-order valence-corrected chi connectivity index (χ1v) is 14.0. The Bertz CT molecular complexity index is 934. The molecule has 0 unspecified atom stereocenters. The molecule has 6 heteroatoms. The Hall–Kier alpha value is -1.25. The molecule has 0 N–H and O–H groups in total. The third-order valence-corrected chi connectivity index (χ3v) is 3.80. The van der Waals surface area contributed by atoms with Crippen molar-refractivity contribution in [2.24, 2.45) is 0 Å². The van der Waals surface area contributed by atoms with Gasteiger partial charge in [0.15, 0.2) is 0 Å². The maximum atomic E-state index is 6.23. The molecule has 0 aliphatic rings. The van der Waals surface area contributed by atoms with E-state index in [1.54, 1.807) is 0 Å². The van der Waals surface area contributed by atoms with Crippen LogP contribution in [-0.2, 0) is 9.20 Å². The van der Waals surface area contributed by atoms with E-state index >= 15 is 0 Å². The summed E-state index contributed by atoms with van der Waals surface area (Å²) in [6, 6.07) is 31.0. The Balaban J connectivity index is 0.000000376. The zero-order valence-electron chi connectivity index (χ0n) is 13.9. The molecule has 0 aliphatic heterocycles. The molecule has 1 aromatic heterocycles. The molecule has 0 spiro atoms. The maximum absolute atomic E-state index is 6.23. The van der Waals surface area contributed by atoms with E-state index in [0.717, 1.165) is 33.4 Å². The molecule has 1 nitrogen and oxygen atoms in total. The Morgan fingerprint density at radius 1 is 0.593 bits per heavy atom. The number of benzene rings is 3. The van der Waals surface area contributed by atoms with Gasteiger partial charge in [0.1, 0.15) is 0 Å². The average Bonchev–Trinajstić information content (AvgIpc) is 2.67. The number of rotatable bonds is 2. The second kappa shape index (κ2) is 9.30. The molecule has 27 heavy (non-hydrogen) atoms. The Morgan fingerprint density at radius 2 is 1.07 bits per heavy atom. The molecule has 3 aromatic carbocycles. The van der Waals surface area contributed by atoms with Gasteiger partial charge in [-0.15, -0.1) is 0 Å². The number of fused-ring (bicyclic) bond motifs is 1. The largest absolute Gasteiger partial charge is 0.368 e. The van der Waals surface area contributed by atoms with Gasteiger partial charge in [0.25, 0.3) is 0 Å². The second-order valence-electron chi connectivity index (χ2n) is 5.56. The number of para-hydroxylation sites is 1. The van der Waals surface area contributed by atoms with Gasteiger partial charge < -0.3 is 0 Å². The molecule has 0 atom stereocenters. The predicted octanol–water partition coefficient (Wildman–Crippen LogP) is 8.80. The smallest absolute Gasteiger partial charge is 0.206 e.